The molecule has 1 heterocycles. The number of aromatic nitrogens is 1. The van der Waals surface area contributed by atoms with E-state index >= 15 is 0 Å². The Kier molecular flexibility index (Phi) is 5.80. The smallest absolute Gasteiger partial charge is 0.342 e. The van der Waals surface area contributed by atoms with E-state index < -0.39 is 16.0 Å². The summed E-state index contributed by atoms with van der Waals surface area (Å²) in [5, 5.41) is 10.1. The number of halogens is 1. The van der Waals surface area contributed by atoms with Crippen molar-refractivity contribution in [3.63, 3.8) is 0 Å². The summed E-state index contributed by atoms with van der Waals surface area (Å²) in [6, 6.07) is 11.0. The molecule has 2 aromatic carbocycles. The third-order valence-electron chi connectivity index (χ3n) is 3.69. The molecular formula is C18H15ClN2O5S2. The second kappa shape index (κ2) is 7.96. The third kappa shape index (κ3) is 4.39. The number of benzene rings is 2. The zero-order valence-corrected chi connectivity index (χ0v) is 17.2. The summed E-state index contributed by atoms with van der Waals surface area (Å²) in [7, 11) is -0.742. The summed E-state index contributed by atoms with van der Waals surface area (Å²) >= 11 is 6.67. The first-order valence-electron chi connectivity index (χ1n) is 7.88. The van der Waals surface area contributed by atoms with E-state index in [1.165, 1.54) is 38.4 Å². The topological polar surface area (TPSA) is 101 Å². The van der Waals surface area contributed by atoms with Gasteiger partial charge in [-0.2, -0.15) is 0 Å². The number of thioether (sulfide) groups is 1. The normalized spacial score (nSPS) is 12.6. The molecule has 0 aliphatic heterocycles. The highest BCUT2D eigenvalue weighted by atomic mass is 35.5. The molecule has 0 saturated heterocycles. The van der Waals surface area contributed by atoms with Crippen molar-refractivity contribution in [3.8, 4) is 0 Å². The molecule has 3 rings (SSSR count). The Hall–Kier alpha value is -2.33. The van der Waals surface area contributed by atoms with Crippen LogP contribution in [-0.2, 0) is 14.8 Å². The minimum Gasteiger partial charge on any atom is -0.477 e. The average molecular weight is 439 g/mol. The van der Waals surface area contributed by atoms with Crippen molar-refractivity contribution in [2.75, 3.05) is 14.1 Å². The van der Waals surface area contributed by atoms with E-state index in [9.17, 15) is 18.3 Å². The van der Waals surface area contributed by atoms with E-state index in [2.05, 4.69) is 4.98 Å². The van der Waals surface area contributed by atoms with Crippen molar-refractivity contribution in [2.45, 2.75) is 10.1 Å². The number of sulfonamides is 1. The lowest BCUT2D eigenvalue weighted by Crippen LogP contribution is -2.22. The summed E-state index contributed by atoms with van der Waals surface area (Å²) in [6.45, 7) is 0. The number of fused-ring (bicyclic) bond motifs is 1. The first kappa shape index (κ1) is 20.4. The van der Waals surface area contributed by atoms with Crippen LogP contribution in [-0.4, -0.2) is 42.9 Å². The van der Waals surface area contributed by atoms with Gasteiger partial charge in [0.1, 0.15) is 10.4 Å². The Balaban J connectivity index is 1.94. The summed E-state index contributed by atoms with van der Waals surface area (Å²) in [6.07, 6.45) is 1.47. The van der Waals surface area contributed by atoms with E-state index in [1.807, 2.05) is 0 Å². The van der Waals surface area contributed by atoms with Crippen molar-refractivity contribution in [3.05, 3.63) is 58.0 Å². The summed E-state index contributed by atoms with van der Waals surface area (Å²) in [5.74, 6) is -1.14. The number of nitrogens with zero attached hydrogens (tertiary/aromatic N) is 2. The van der Waals surface area contributed by atoms with E-state index in [0.717, 1.165) is 16.1 Å². The lowest BCUT2D eigenvalue weighted by Gasteiger charge is -2.10. The molecule has 10 heteroatoms. The van der Waals surface area contributed by atoms with Gasteiger partial charge in [0.25, 0.3) is 5.22 Å². The van der Waals surface area contributed by atoms with Gasteiger partial charge in [0.15, 0.2) is 5.58 Å². The summed E-state index contributed by atoms with van der Waals surface area (Å²) in [5.41, 5.74) is 1.34. The molecule has 1 N–H and O–H groups in total. The number of rotatable bonds is 6. The highest BCUT2D eigenvalue weighted by molar-refractivity contribution is 8.03. The fraction of sp³-hybridized carbons (Fsp3) is 0.111. The molecule has 0 atom stereocenters. The van der Waals surface area contributed by atoms with Crippen LogP contribution in [0.2, 0.25) is 5.02 Å². The van der Waals surface area contributed by atoms with Gasteiger partial charge in [0.2, 0.25) is 10.0 Å². The molecule has 1 aromatic heterocycles. The standard InChI is InChI=1S/C18H15ClN2O5S2/c1-21(2)28(24,25)13-7-8-15-14(10-13)20-18(26-15)27-16(17(22)23)9-11-3-5-12(19)6-4-11/h3-10H,1-2H3,(H,22,23)/b16-9+. The van der Waals surface area contributed by atoms with Gasteiger partial charge in [-0.05, 0) is 53.7 Å². The highest BCUT2D eigenvalue weighted by Gasteiger charge is 2.20. The summed E-state index contributed by atoms with van der Waals surface area (Å²) < 4.78 is 31.1. The number of hydrogen-bond acceptors (Lipinski definition) is 6. The van der Waals surface area contributed by atoms with Gasteiger partial charge in [-0.1, -0.05) is 23.7 Å². The number of hydrogen-bond donors (Lipinski definition) is 1. The molecule has 28 heavy (non-hydrogen) atoms. The predicted molar refractivity (Wildman–Crippen MR) is 108 cm³/mol. The van der Waals surface area contributed by atoms with E-state index in [1.54, 1.807) is 24.3 Å². The van der Waals surface area contributed by atoms with Gasteiger partial charge < -0.3 is 9.52 Å². The monoisotopic (exact) mass is 438 g/mol. The maximum Gasteiger partial charge on any atom is 0.342 e. The number of carboxylic acids is 1. The molecule has 0 aliphatic carbocycles. The highest BCUT2D eigenvalue weighted by Crippen LogP contribution is 2.31. The van der Waals surface area contributed by atoms with Crippen LogP contribution in [0.15, 0.2) is 61.9 Å². The first-order chi connectivity index (χ1) is 13.2. The number of oxazole rings is 1. The van der Waals surface area contributed by atoms with Crippen molar-refractivity contribution in [1.82, 2.24) is 9.29 Å². The molecule has 0 fully saturated rings. The van der Waals surface area contributed by atoms with Gasteiger partial charge in [-0.25, -0.2) is 22.5 Å². The molecule has 0 unspecified atom stereocenters. The van der Waals surface area contributed by atoms with E-state index in [0.29, 0.717) is 21.7 Å². The van der Waals surface area contributed by atoms with E-state index in [-0.39, 0.29) is 15.0 Å². The number of aliphatic carboxylic acids is 1. The number of carboxylic acid groups (broad SMARTS) is 1. The first-order valence-corrected chi connectivity index (χ1v) is 10.5. The lowest BCUT2D eigenvalue weighted by atomic mass is 10.2. The number of carbonyl (C=O) groups is 1. The summed E-state index contributed by atoms with van der Waals surface area (Å²) in [4.78, 5) is 15.9. The molecule has 0 radical (unpaired) electrons. The van der Waals surface area contributed by atoms with Crippen LogP contribution in [0.3, 0.4) is 0 Å². The predicted octanol–water partition coefficient (Wildman–Crippen LogP) is 3.95. The Morgan fingerprint density at radius 1 is 1.21 bits per heavy atom. The van der Waals surface area contributed by atoms with Crippen molar-refractivity contribution in [1.29, 1.82) is 0 Å². The van der Waals surface area contributed by atoms with Crippen LogP contribution >= 0.6 is 23.4 Å². The van der Waals surface area contributed by atoms with Crippen LogP contribution < -0.4 is 0 Å². The minimum absolute atomic E-state index is 0.00462. The SMILES string of the molecule is CN(C)S(=O)(=O)c1ccc2oc(S/C(=C/c3ccc(Cl)cc3)C(=O)O)nc2c1. The molecule has 0 aliphatic rings. The second-order valence-corrected chi connectivity index (χ2v) is 9.45. The minimum atomic E-state index is -3.61. The van der Waals surface area contributed by atoms with Crippen molar-refractivity contribution < 1.29 is 22.7 Å². The van der Waals surface area contributed by atoms with Crippen LogP contribution in [0.25, 0.3) is 17.2 Å². The molecule has 0 bridgehead atoms. The van der Waals surface area contributed by atoms with E-state index in [4.69, 9.17) is 16.0 Å². The van der Waals surface area contributed by atoms with Gasteiger partial charge in [0.05, 0.1) is 4.90 Å². The molecule has 0 saturated carbocycles. The van der Waals surface area contributed by atoms with Gasteiger partial charge in [0, 0.05) is 19.1 Å². The zero-order chi connectivity index (χ0) is 20.5. The Morgan fingerprint density at radius 3 is 2.50 bits per heavy atom. The fourth-order valence-electron chi connectivity index (χ4n) is 2.24. The third-order valence-corrected chi connectivity index (χ3v) is 6.62. The Labute approximate surface area is 170 Å². The van der Waals surface area contributed by atoms with Crippen LogP contribution in [0.5, 0.6) is 0 Å². The van der Waals surface area contributed by atoms with Crippen LogP contribution in [0, 0.1) is 0 Å². The molecule has 0 spiro atoms. The van der Waals surface area contributed by atoms with Gasteiger partial charge in [-0.3, -0.25) is 0 Å². The molecule has 3 aromatic rings. The zero-order valence-electron chi connectivity index (χ0n) is 14.8. The average Bonchev–Trinajstić information content (AvgIpc) is 3.04. The maximum atomic E-state index is 12.2. The fourth-order valence-corrected chi connectivity index (χ4v) is 4.03. The van der Waals surface area contributed by atoms with Gasteiger partial charge >= 0.3 is 5.97 Å². The lowest BCUT2D eigenvalue weighted by molar-refractivity contribution is -0.131. The molecule has 0 amide bonds. The van der Waals surface area contributed by atoms with Crippen molar-refractivity contribution in [2.24, 2.45) is 0 Å². The maximum absolute atomic E-state index is 12.2. The molecule has 146 valence electrons. The van der Waals surface area contributed by atoms with Crippen LogP contribution in [0.4, 0.5) is 0 Å². The molecule has 7 nitrogen and oxygen atoms in total. The van der Waals surface area contributed by atoms with Gasteiger partial charge in [-0.15, -0.1) is 0 Å². The quantitative estimate of drug-likeness (QED) is 0.459. The largest absolute Gasteiger partial charge is 0.477 e. The Bertz CT molecular complexity index is 1170. The molecular weight excluding hydrogens is 424 g/mol. The Morgan fingerprint density at radius 2 is 1.89 bits per heavy atom. The van der Waals surface area contributed by atoms with Crippen LogP contribution in [0.1, 0.15) is 5.56 Å². The van der Waals surface area contributed by atoms with Crippen molar-refractivity contribution >= 4 is 56.5 Å². The second-order valence-electron chi connectivity index (χ2n) is 5.86.